The Morgan fingerprint density at radius 2 is 1.25 bits per heavy atom. The van der Waals surface area contributed by atoms with Crippen LogP contribution in [0.25, 0.3) is 0 Å². The SMILES string of the molecule is COCCOC.[Co].[Zn]. The first kappa shape index (κ1) is 16.0. The summed E-state index contributed by atoms with van der Waals surface area (Å²) >= 11 is 0. The van der Waals surface area contributed by atoms with Gasteiger partial charge in [-0.05, 0) is 0 Å². The second-order valence-corrected chi connectivity index (χ2v) is 0.986. The summed E-state index contributed by atoms with van der Waals surface area (Å²) in [6.07, 6.45) is 0. The Morgan fingerprint density at radius 3 is 1.38 bits per heavy atom. The Hall–Kier alpha value is 1.05. The summed E-state index contributed by atoms with van der Waals surface area (Å²) in [7, 11) is 3.30. The van der Waals surface area contributed by atoms with Crippen LogP contribution in [-0.2, 0) is 45.7 Å². The Morgan fingerprint density at radius 1 is 1.00 bits per heavy atom. The third-order valence-electron chi connectivity index (χ3n) is 0.492. The van der Waals surface area contributed by atoms with E-state index in [9.17, 15) is 0 Å². The summed E-state index contributed by atoms with van der Waals surface area (Å²) in [6, 6.07) is 0. The molecule has 0 aliphatic heterocycles. The van der Waals surface area contributed by atoms with Gasteiger partial charge in [0.25, 0.3) is 0 Å². The van der Waals surface area contributed by atoms with Crippen LogP contribution < -0.4 is 0 Å². The molecule has 0 saturated carbocycles. The van der Waals surface area contributed by atoms with Crippen molar-refractivity contribution in [3.8, 4) is 0 Å². The zero-order valence-electron chi connectivity index (χ0n) is 5.27. The van der Waals surface area contributed by atoms with E-state index in [0.717, 1.165) is 0 Å². The molecule has 0 spiro atoms. The first-order chi connectivity index (χ1) is 2.91. The minimum Gasteiger partial charge on any atom is -0.382 e. The molecule has 0 fully saturated rings. The Bertz CT molecular complexity index is 26.0. The second-order valence-electron chi connectivity index (χ2n) is 0.986. The predicted octanol–water partition coefficient (Wildman–Crippen LogP) is 0.274. The zero-order valence-corrected chi connectivity index (χ0v) is 9.28. The van der Waals surface area contributed by atoms with Gasteiger partial charge in [-0.25, -0.2) is 0 Å². The van der Waals surface area contributed by atoms with Crippen molar-refractivity contribution in [3.05, 3.63) is 0 Å². The third kappa shape index (κ3) is 15.7. The summed E-state index contributed by atoms with van der Waals surface area (Å²) in [6.45, 7) is 1.38. The second kappa shape index (κ2) is 15.7. The average Bonchev–Trinajstić information content (AvgIpc) is 1.61. The maximum atomic E-state index is 4.66. The molecule has 0 bridgehead atoms. The van der Waals surface area contributed by atoms with Gasteiger partial charge < -0.3 is 9.47 Å². The molecule has 0 amide bonds. The van der Waals surface area contributed by atoms with Crippen LogP contribution in [0.1, 0.15) is 0 Å². The van der Waals surface area contributed by atoms with Gasteiger partial charge in [0, 0.05) is 50.5 Å². The quantitative estimate of drug-likeness (QED) is 0.496. The van der Waals surface area contributed by atoms with Crippen molar-refractivity contribution in [2.45, 2.75) is 0 Å². The molecule has 0 atom stereocenters. The van der Waals surface area contributed by atoms with Crippen molar-refractivity contribution < 1.29 is 45.7 Å². The molecule has 0 aliphatic rings. The van der Waals surface area contributed by atoms with Crippen molar-refractivity contribution in [3.63, 3.8) is 0 Å². The van der Waals surface area contributed by atoms with Gasteiger partial charge >= 0.3 is 0 Å². The molecule has 2 nitrogen and oxygen atoms in total. The Balaban J connectivity index is -0.000000125. The fraction of sp³-hybridized carbons (Fsp3) is 1.00. The van der Waals surface area contributed by atoms with Crippen LogP contribution in [0.3, 0.4) is 0 Å². The van der Waals surface area contributed by atoms with E-state index in [1.54, 1.807) is 14.2 Å². The first-order valence-electron chi connectivity index (χ1n) is 1.89. The van der Waals surface area contributed by atoms with E-state index in [2.05, 4.69) is 9.47 Å². The van der Waals surface area contributed by atoms with Crippen LogP contribution in [0.15, 0.2) is 0 Å². The number of hydrogen-bond acceptors (Lipinski definition) is 2. The van der Waals surface area contributed by atoms with Gasteiger partial charge in [0.15, 0.2) is 0 Å². The van der Waals surface area contributed by atoms with E-state index in [1.165, 1.54) is 0 Å². The zero-order chi connectivity index (χ0) is 4.83. The summed E-state index contributed by atoms with van der Waals surface area (Å²) in [5.41, 5.74) is 0. The normalized spacial score (nSPS) is 6.75. The predicted molar refractivity (Wildman–Crippen MR) is 23.8 cm³/mol. The molecule has 1 radical (unpaired) electrons. The third-order valence-corrected chi connectivity index (χ3v) is 0.492. The van der Waals surface area contributed by atoms with Crippen LogP contribution in [0.5, 0.6) is 0 Å². The molecule has 0 N–H and O–H groups in total. The van der Waals surface area contributed by atoms with Gasteiger partial charge in [-0.1, -0.05) is 0 Å². The number of methoxy groups -OCH3 is 2. The van der Waals surface area contributed by atoms with Gasteiger partial charge in [-0.3, -0.25) is 0 Å². The van der Waals surface area contributed by atoms with Crippen molar-refractivity contribution in [1.29, 1.82) is 0 Å². The van der Waals surface area contributed by atoms with Crippen molar-refractivity contribution in [2.75, 3.05) is 27.4 Å². The number of ether oxygens (including phenoxy) is 2. The standard InChI is InChI=1S/C4H10O2.Co.Zn/c1-5-3-4-6-2;;/h3-4H2,1-2H3;;. The summed E-state index contributed by atoms with van der Waals surface area (Å²) < 4.78 is 9.31. The topological polar surface area (TPSA) is 18.5 Å². The molecule has 0 aromatic rings. The van der Waals surface area contributed by atoms with Gasteiger partial charge in [-0.2, -0.15) is 0 Å². The van der Waals surface area contributed by atoms with E-state index in [1.807, 2.05) is 0 Å². The molecule has 8 heavy (non-hydrogen) atoms. The summed E-state index contributed by atoms with van der Waals surface area (Å²) in [5.74, 6) is 0. The fourth-order valence-corrected chi connectivity index (χ4v) is 0.167. The van der Waals surface area contributed by atoms with Gasteiger partial charge in [-0.15, -0.1) is 0 Å². The molecule has 0 rings (SSSR count). The molecule has 0 saturated heterocycles. The molecule has 0 unspecified atom stereocenters. The van der Waals surface area contributed by atoms with Crippen LogP contribution in [0, 0.1) is 0 Å². The van der Waals surface area contributed by atoms with Crippen molar-refractivity contribution in [1.82, 2.24) is 0 Å². The molecule has 0 aliphatic carbocycles. The van der Waals surface area contributed by atoms with E-state index >= 15 is 0 Å². The molecule has 49 valence electrons. The molecule has 0 heterocycles. The van der Waals surface area contributed by atoms with E-state index in [-0.39, 0.29) is 36.3 Å². The van der Waals surface area contributed by atoms with Crippen LogP contribution >= 0.6 is 0 Å². The largest absolute Gasteiger partial charge is 0.382 e. The number of rotatable bonds is 3. The van der Waals surface area contributed by atoms with E-state index in [0.29, 0.717) is 13.2 Å². The van der Waals surface area contributed by atoms with Gasteiger partial charge in [0.05, 0.1) is 13.2 Å². The Labute approximate surface area is 73.3 Å². The van der Waals surface area contributed by atoms with Crippen molar-refractivity contribution in [2.24, 2.45) is 0 Å². The number of hydrogen-bond donors (Lipinski definition) is 0. The maximum Gasteiger partial charge on any atom is 0.0696 e. The van der Waals surface area contributed by atoms with E-state index in [4.69, 9.17) is 0 Å². The monoisotopic (exact) mass is 213 g/mol. The minimum atomic E-state index is 0. The fourth-order valence-electron chi connectivity index (χ4n) is 0.167. The molecule has 4 heteroatoms. The maximum absolute atomic E-state index is 4.66. The van der Waals surface area contributed by atoms with Crippen LogP contribution in [0.4, 0.5) is 0 Å². The Kier molecular flexibility index (Phi) is 31.4. The minimum absolute atomic E-state index is 0. The smallest absolute Gasteiger partial charge is 0.0696 e. The van der Waals surface area contributed by atoms with Crippen LogP contribution in [0.2, 0.25) is 0 Å². The van der Waals surface area contributed by atoms with Crippen molar-refractivity contribution >= 4 is 0 Å². The molecular weight excluding hydrogens is 204 g/mol. The summed E-state index contributed by atoms with van der Waals surface area (Å²) in [5, 5.41) is 0. The molecular formula is C4H10CoO2Zn. The van der Waals surface area contributed by atoms with Gasteiger partial charge in [0.1, 0.15) is 0 Å². The molecule has 0 aromatic carbocycles. The van der Waals surface area contributed by atoms with E-state index < -0.39 is 0 Å². The van der Waals surface area contributed by atoms with Crippen LogP contribution in [-0.4, -0.2) is 27.4 Å². The van der Waals surface area contributed by atoms with Gasteiger partial charge in [0.2, 0.25) is 0 Å². The molecule has 0 aromatic heterocycles. The first-order valence-corrected chi connectivity index (χ1v) is 1.89. The summed E-state index contributed by atoms with van der Waals surface area (Å²) in [4.78, 5) is 0. The average molecular weight is 214 g/mol.